The molecule has 4 nitrogen and oxygen atoms in total. The Morgan fingerprint density at radius 1 is 1.12 bits per heavy atom. The summed E-state index contributed by atoms with van der Waals surface area (Å²) in [4.78, 5) is 27.4. The van der Waals surface area contributed by atoms with Gasteiger partial charge in [0.2, 0.25) is 5.91 Å². The Morgan fingerprint density at radius 2 is 1.81 bits per heavy atom. The van der Waals surface area contributed by atoms with E-state index in [0.717, 1.165) is 17.7 Å². The lowest BCUT2D eigenvalue weighted by atomic mass is 10.0. The van der Waals surface area contributed by atoms with Gasteiger partial charge in [-0.2, -0.15) is 0 Å². The summed E-state index contributed by atoms with van der Waals surface area (Å²) >= 11 is 0. The maximum Gasteiger partial charge on any atom is 0.251 e. The summed E-state index contributed by atoms with van der Waals surface area (Å²) in [6, 6.07) is 12.6. The van der Waals surface area contributed by atoms with Crippen molar-refractivity contribution in [2.45, 2.75) is 32.7 Å². The smallest absolute Gasteiger partial charge is 0.251 e. The lowest BCUT2D eigenvalue weighted by Gasteiger charge is -2.26. The minimum Gasteiger partial charge on any atom is -0.340 e. The molecule has 3 rings (SSSR count). The average molecular weight is 354 g/mol. The Morgan fingerprint density at radius 3 is 2.50 bits per heavy atom. The fraction of sp³-hybridized carbons (Fsp3) is 0.333. The van der Waals surface area contributed by atoms with Gasteiger partial charge in [-0.15, -0.1) is 0 Å². The standard InChI is InChI=1S/C21H23FN2O2/c1-14(2)13-18(23-20(25)16-7-9-17(22)10-8-16)21(26)24-12-11-15-5-3-4-6-19(15)24/h3-10,14,18H,11-13H2,1-2H3,(H,23,25)/t18-/m0/s1. The predicted octanol–water partition coefficient (Wildman–Crippen LogP) is 3.56. The van der Waals surface area contributed by atoms with E-state index in [-0.39, 0.29) is 17.7 Å². The summed E-state index contributed by atoms with van der Waals surface area (Å²) in [5.41, 5.74) is 2.41. The molecule has 1 aliphatic rings. The summed E-state index contributed by atoms with van der Waals surface area (Å²) in [5.74, 6) is -0.615. The van der Waals surface area contributed by atoms with Crippen LogP contribution >= 0.6 is 0 Å². The third-order valence-electron chi connectivity index (χ3n) is 4.57. The SMILES string of the molecule is CC(C)C[C@H](NC(=O)c1ccc(F)cc1)C(=O)N1CCc2ccccc21. The summed E-state index contributed by atoms with van der Waals surface area (Å²) in [5, 5.41) is 2.84. The van der Waals surface area contributed by atoms with E-state index in [1.807, 2.05) is 38.1 Å². The molecule has 0 spiro atoms. The molecule has 1 N–H and O–H groups in total. The molecule has 0 unspecified atom stereocenters. The van der Waals surface area contributed by atoms with Crippen molar-refractivity contribution in [3.8, 4) is 0 Å². The van der Waals surface area contributed by atoms with Gasteiger partial charge in [0.25, 0.3) is 5.91 Å². The Bertz CT molecular complexity index is 802. The number of para-hydroxylation sites is 1. The molecule has 0 aliphatic carbocycles. The first-order chi connectivity index (χ1) is 12.5. The number of benzene rings is 2. The fourth-order valence-electron chi connectivity index (χ4n) is 3.29. The van der Waals surface area contributed by atoms with Gasteiger partial charge in [-0.25, -0.2) is 4.39 Å². The second kappa shape index (κ2) is 7.68. The van der Waals surface area contributed by atoms with E-state index in [1.165, 1.54) is 24.3 Å². The number of carbonyl (C=O) groups excluding carboxylic acids is 2. The van der Waals surface area contributed by atoms with Crippen LogP contribution in [0.3, 0.4) is 0 Å². The third-order valence-corrected chi connectivity index (χ3v) is 4.57. The average Bonchev–Trinajstić information content (AvgIpc) is 3.04. The summed E-state index contributed by atoms with van der Waals surface area (Å²) < 4.78 is 13.1. The van der Waals surface area contributed by atoms with Gasteiger partial charge < -0.3 is 10.2 Å². The summed E-state index contributed by atoms with van der Waals surface area (Å²) in [6.07, 6.45) is 1.37. The lowest BCUT2D eigenvalue weighted by molar-refractivity contribution is -0.120. The fourth-order valence-corrected chi connectivity index (χ4v) is 3.29. The van der Waals surface area contributed by atoms with E-state index in [9.17, 15) is 14.0 Å². The monoisotopic (exact) mass is 354 g/mol. The van der Waals surface area contributed by atoms with Gasteiger partial charge in [-0.05, 0) is 54.7 Å². The topological polar surface area (TPSA) is 49.4 Å². The number of halogens is 1. The molecule has 136 valence electrons. The molecule has 1 aliphatic heterocycles. The highest BCUT2D eigenvalue weighted by Crippen LogP contribution is 2.28. The largest absolute Gasteiger partial charge is 0.340 e. The van der Waals surface area contributed by atoms with Gasteiger partial charge in [-0.1, -0.05) is 32.0 Å². The molecule has 2 aromatic carbocycles. The van der Waals surface area contributed by atoms with Crippen molar-refractivity contribution in [2.75, 3.05) is 11.4 Å². The van der Waals surface area contributed by atoms with Crippen LogP contribution in [0.25, 0.3) is 0 Å². The maximum atomic E-state index is 13.1. The lowest BCUT2D eigenvalue weighted by Crippen LogP contribution is -2.49. The third kappa shape index (κ3) is 3.93. The van der Waals surface area contributed by atoms with E-state index >= 15 is 0 Å². The van der Waals surface area contributed by atoms with Gasteiger partial charge in [-0.3, -0.25) is 9.59 Å². The molecule has 2 aromatic rings. The van der Waals surface area contributed by atoms with Crippen LogP contribution in [-0.4, -0.2) is 24.4 Å². The van der Waals surface area contributed by atoms with Crippen LogP contribution in [0.4, 0.5) is 10.1 Å². The molecule has 0 bridgehead atoms. The first-order valence-electron chi connectivity index (χ1n) is 8.91. The highest BCUT2D eigenvalue weighted by atomic mass is 19.1. The Labute approximate surface area is 153 Å². The van der Waals surface area contributed by atoms with Crippen molar-refractivity contribution in [1.29, 1.82) is 0 Å². The van der Waals surface area contributed by atoms with Gasteiger partial charge in [0, 0.05) is 17.8 Å². The molecule has 0 fully saturated rings. The second-order valence-electron chi connectivity index (χ2n) is 7.03. The van der Waals surface area contributed by atoms with Crippen LogP contribution in [-0.2, 0) is 11.2 Å². The van der Waals surface area contributed by atoms with Crippen molar-refractivity contribution in [2.24, 2.45) is 5.92 Å². The van der Waals surface area contributed by atoms with Crippen LogP contribution < -0.4 is 10.2 Å². The van der Waals surface area contributed by atoms with Crippen LogP contribution in [0.1, 0.15) is 36.2 Å². The molecule has 2 amide bonds. The van der Waals surface area contributed by atoms with Crippen LogP contribution in [0.2, 0.25) is 0 Å². The van der Waals surface area contributed by atoms with E-state index in [4.69, 9.17) is 0 Å². The minimum atomic E-state index is -0.612. The Balaban J connectivity index is 1.78. The first kappa shape index (κ1) is 18.1. The predicted molar refractivity (Wildman–Crippen MR) is 99.6 cm³/mol. The molecule has 0 aromatic heterocycles. The van der Waals surface area contributed by atoms with Crippen LogP contribution in [0, 0.1) is 11.7 Å². The van der Waals surface area contributed by atoms with Gasteiger partial charge >= 0.3 is 0 Å². The normalized spacial score (nSPS) is 14.2. The van der Waals surface area contributed by atoms with Crippen molar-refractivity contribution in [3.05, 3.63) is 65.5 Å². The zero-order valence-electron chi connectivity index (χ0n) is 15.0. The van der Waals surface area contributed by atoms with E-state index < -0.39 is 11.9 Å². The molecule has 1 heterocycles. The van der Waals surface area contributed by atoms with Gasteiger partial charge in [0.05, 0.1) is 0 Å². The molecular weight excluding hydrogens is 331 g/mol. The molecule has 5 heteroatoms. The summed E-state index contributed by atoms with van der Waals surface area (Å²) in [6.45, 7) is 4.66. The number of hydrogen-bond donors (Lipinski definition) is 1. The van der Waals surface area contributed by atoms with Gasteiger partial charge in [0.1, 0.15) is 11.9 Å². The van der Waals surface area contributed by atoms with Crippen molar-refractivity contribution < 1.29 is 14.0 Å². The first-order valence-corrected chi connectivity index (χ1v) is 8.91. The highest BCUT2D eigenvalue weighted by molar-refractivity contribution is 6.03. The van der Waals surface area contributed by atoms with Crippen LogP contribution in [0.5, 0.6) is 0 Å². The van der Waals surface area contributed by atoms with Crippen LogP contribution in [0.15, 0.2) is 48.5 Å². The van der Waals surface area contributed by atoms with Crippen molar-refractivity contribution in [3.63, 3.8) is 0 Å². The Kier molecular flexibility index (Phi) is 5.35. The van der Waals surface area contributed by atoms with E-state index in [1.54, 1.807) is 4.90 Å². The zero-order valence-corrected chi connectivity index (χ0v) is 15.0. The summed E-state index contributed by atoms with van der Waals surface area (Å²) in [7, 11) is 0. The van der Waals surface area contributed by atoms with Crippen molar-refractivity contribution in [1.82, 2.24) is 5.32 Å². The molecule has 0 saturated heterocycles. The second-order valence-corrected chi connectivity index (χ2v) is 7.03. The molecule has 0 radical (unpaired) electrons. The molecular formula is C21H23FN2O2. The zero-order chi connectivity index (χ0) is 18.7. The maximum absolute atomic E-state index is 13.1. The minimum absolute atomic E-state index is 0.0980. The number of fused-ring (bicyclic) bond motifs is 1. The van der Waals surface area contributed by atoms with E-state index in [0.29, 0.717) is 18.5 Å². The Hall–Kier alpha value is -2.69. The molecule has 1 atom stereocenters. The number of nitrogens with zero attached hydrogens (tertiary/aromatic N) is 1. The quantitative estimate of drug-likeness (QED) is 0.892. The number of hydrogen-bond acceptors (Lipinski definition) is 2. The number of carbonyl (C=O) groups is 2. The number of rotatable bonds is 5. The number of nitrogens with one attached hydrogen (secondary N) is 1. The van der Waals surface area contributed by atoms with Gasteiger partial charge in [0.15, 0.2) is 0 Å². The number of anilines is 1. The molecule has 0 saturated carbocycles. The number of amides is 2. The van der Waals surface area contributed by atoms with Crippen molar-refractivity contribution >= 4 is 17.5 Å². The van der Waals surface area contributed by atoms with E-state index in [2.05, 4.69) is 5.32 Å². The highest BCUT2D eigenvalue weighted by Gasteiger charge is 2.31. The molecule has 26 heavy (non-hydrogen) atoms.